The minimum Gasteiger partial charge on any atom is -0.352 e. The Balaban J connectivity index is 1.41. The predicted molar refractivity (Wildman–Crippen MR) is 85.3 cm³/mol. The number of piperazine rings is 1. The van der Waals surface area contributed by atoms with Gasteiger partial charge in [0.25, 0.3) is 0 Å². The van der Waals surface area contributed by atoms with E-state index in [9.17, 15) is 9.59 Å². The maximum Gasteiger partial charge on any atom is 0.237 e. The fourth-order valence-electron chi connectivity index (χ4n) is 3.29. The maximum atomic E-state index is 12.3. The Labute approximate surface area is 132 Å². The van der Waals surface area contributed by atoms with Crippen molar-refractivity contribution in [2.45, 2.75) is 51.1 Å². The van der Waals surface area contributed by atoms with Crippen molar-refractivity contribution in [3.05, 3.63) is 12.2 Å². The second-order valence-corrected chi connectivity index (χ2v) is 6.85. The summed E-state index contributed by atoms with van der Waals surface area (Å²) < 4.78 is 0. The van der Waals surface area contributed by atoms with E-state index in [4.69, 9.17) is 0 Å². The lowest BCUT2D eigenvalue weighted by Crippen LogP contribution is -2.55. The van der Waals surface area contributed by atoms with Gasteiger partial charge in [-0.05, 0) is 38.5 Å². The number of nitrogens with one attached hydrogen (secondary N) is 1. The monoisotopic (exact) mass is 305 g/mol. The summed E-state index contributed by atoms with van der Waals surface area (Å²) in [7, 11) is 0. The summed E-state index contributed by atoms with van der Waals surface area (Å²) in [6.07, 6.45) is 9.47. The highest BCUT2D eigenvalue weighted by Crippen LogP contribution is 2.22. The van der Waals surface area contributed by atoms with Crippen LogP contribution in [0.15, 0.2) is 12.2 Å². The van der Waals surface area contributed by atoms with Gasteiger partial charge in [0.2, 0.25) is 11.8 Å². The summed E-state index contributed by atoms with van der Waals surface area (Å²) in [5.74, 6) is 0.846. The number of allylic oxidation sites excluding steroid dienone is 2. The zero-order chi connectivity index (χ0) is 15.5. The van der Waals surface area contributed by atoms with Crippen LogP contribution in [-0.2, 0) is 9.59 Å². The second-order valence-electron chi connectivity index (χ2n) is 6.85. The molecule has 1 N–H and O–H groups in total. The molecule has 0 bridgehead atoms. The van der Waals surface area contributed by atoms with Crippen LogP contribution in [0.4, 0.5) is 0 Å². The fraction of sp³-hybridized carbons (Fsp3) is 0.765. The topological polar surface area (TPSA) is 52.7 Å². The molecule has 2 fully saturated rings. The number of amides is 2. The van der Waals surface area contributed by atoms with Crippen LogP contribution < -0.4 is 5.32 Å². The van der Waals surface area contributed by atoms with Crippen molar-refractivity contribution in [3.8, 4) is 0 Å². The summed E-state index contributed by atoms with van der Waals surface area (Å²) in [5, 5.41) is 3.06. The molecular weight excluding hydrogens is 278 g/mol. The lowest BCUT2D eigenvalue weighted by molar-refractivity contribution is -0.134. The maximum absolute atomic E-state index is 12.3. The second kappa shape index (κ2) is 6.82. The molecule has 0 aromatic heterocycles. The average Bonchev–Trinajstić information content (AvgIpc) is 3.19. The molecule has 2 atom stereocenters. The summed E-state index contributed by atoms with van der Waals surface area (Å²) in [6, 6.07) is 0.327. The molecule has 2 amide bonds. The van der Waals surface area contributed by atoms with E-state index in [0.717, 1.165) is 51.9 Å². The molecule has 2 unspecified atom stereocenters. The van der Waals surface area contributed by atoms with Crippen LogP contribution in [-0.4, -0.2) is 59.9 Å². The van der Waals surface area contributed by atoms with E-state index >= 15 is 0 Å². The molecule has 1 heterocycles. The predicted octanol–water partition coefficient (Wildman–Crippen LogP) is 1.15. The molecule has 5 heteroatoms. The lowest BCUT2D eigenvalue weighted by Gasteiger charge is -2.37. The molecule has 0 aromatic rings. The molecule has 1 saturated carbocycles. The molecule has 3 rings (SSSR count). The highest BCUT2D eigenvalue weighted by Gasteiger charge is 2.31. The lowest BCUT2D eigenvalue weighted by atomic mass is 10.0. The Hall–Kier alpha value is -1.36. The van der Waals surface area contributed by atoms with Gasteiger partial charge >= 0.3 is 0 Å². The van der Waals surface area contributed by atoms with Crippen molar-refractivity contribution < 1.29 is 9.59 Å². The third-order valence-corrected chi connectivity index (χ3v) is 5.07. The summed E-state index contributed by atoms with van der Waals surface area (Å²) >= 11 is 0. The number of rotatable bonds is 5. The van der Waals surface area contributed by atoms with E-state index in [1.54, 1.807) is 0 Å². The van der Waals surface area contributed by atoms with Gasteiger partial charge in [-0.2, -0.15) is 0 Å². The van der Waals surface area contributed by atoms with Crippen LogP contribution in [0.3, 0.4) is 0 Å². The number of nitrogens with zero attached hydrogens (tertiary/aromatic N) is 2. The Kier molecular flexibility index (Phi) is 4.81. The van der Waals surface area contributed by atoms with E-state index in [2.05, 4.69) is 22.4 Å². The van der Waals surface area contributed by atoms with Crippen molar-refractivity contribution in [2.24, 2.45) is 5.92 Å². The summed E-state index contributed by atoms with van der Waals surface area (Å²) in [4.78, 5) is 28.6. The van der Waals surface area contributed by atoms with E-state index < -0.39 is 0 Å². The largest absolute Gasteiger partial charge is 0.352 e. The highest BCUT2D eigenvalue weighted by molar-refractivity contribution is 5.82. The van der Waals surface area contributed by atoms with Gasteiger partial charge in [-0.1, -0.05) is 12.2 Å². The van der Waals surface area contributed by atoms with Crippen molar-refractivity contribution >= 4 is 11.8 Å². The normalized spacial score (nSPS) is 27.0. The van der Waals surface area contributed by atoms with E-state index in [0.29, 0.717) is 18.4 Å². The molecule has 2 aliphatic carbocycles. The summed E-state index contributed by atoms with van der Waals surface area (Å²) in [6.45, 7) is 5.06. The summed E-state index contributed by atoms with van der Waals surface area (Å²) in [5.41, 5.74) is 0. The Morgan fingerprint density at radius 1 is 1.18 bits per heavy atom. The molecule has 122 valence electrons. The third kappa shape index (κ3) is 3.88. The van der Waals surface area contributed by atoms with E-state index in [1.165, 1.54) is 0 Å². The van der Waals surface area contributed by atoms with Gasteiger partial charge in [-0.15, -0.1) is 0 Å². The van der Waals surface area contributed by atoms with Gasteiger partial charge in [-0.3, -0.25) is 14.5 Å². The minimum absolute atomic E-state index is 0.0874. The van der Waals surface area contributed by atoms with Crippen molar-refractivity contribution in [1.29, 1.82) is 0 Å². The minimum atomic E-state index is -0.0874. The molecule has 5 nitrogen and oxygen atoms in total. The quantitative estimate of drug-likeness (QED) is 0.775. The first-order valence-corrected chi connectivity index (χ1v) is 8.62. The van der Waals surface area contributed by atoms with E-state index in [1.807, 2.05) is 11.8 Å². The number of hydrogen-bond donors (Lipinski definition) is 1. The molecule has 0 radical (unpaired) electrons. The van der Waals surface area contributed by atoms with Crippen molar-refractivity contribution in [3.63, 3.8) is 0 Å². The first kappa shape index (κ1) is 15.5. The Morgan fingerprint density at radius 3 is 2.50 bits per heavy atom. The number of carbonyl (C=O) groups excluding carboxylic acids is 2. The molecule has 0 aromatic carbocycles. The van der Waals surface area contributed by atoms with Gasteiger partial charge in [-0.25, -0.2) is 0 Å². The van der Waals surface area contributed by atoms with E-state index in [-0.39, 0.29) is 17.9 Å². The molecule has 1 aliphatic heterocycles. The van der Waals surface area contributed by atoms with Crippen LogP contribution in [0.25, 0.3) is 0 Å². The standard InChI is InChI=1S/C17H27N3O2/c1-13(17(22)18-15-6-7-15)19-8-10-20(11-9-19)16(21)12-14-4-2-3-5-14/h2,4,13-15H,3,5-12H2,1H3,(H,18,22). The highest BCUT2D eigenvalue weighted by atomic mass is 16.2. The molecule has 1 saturated heterocycles. The molecule has 3 aliphatic rings. The Bertz CT molecular complexity index is 451. The van der Waals surface area contributed by atoms with Crippen molar-refractivity contribution in [2.75, 3.05) is 26.2 Å². The van der Waals surface area contributed by atoms with Gasteiger partial charge in [0.1, 0.15) is 0 Å². The van der Waals surface area contributed by atoms with Crippen molar-refractivity contribution in [1.82, 2.24) is 15.1 Å². The van der Waals surface area contributed by atoms with Gasteiger partial charge in [0.15, 0.2) is 0 Å². The van der Waals surface area contributed by atoms with Gasteiger partial charge < -0.3 is 10.2 Å². The first-order chi connectivity index (χ1) is 10.6. The number of carbonyl (C=O) groups is 2. The average molecular weight is 305 g/mol. The van der Waals surface area contributed by atoms with Crippen LogP contribution in [0.1, 0.15) is 39.0 Å². The van der Waals surface area contributed by atoms with Crippen LogP contribution in [0, 0.1) is 5.92 Å². The first-order valence-electron chi connectivity index (χ1n) is 8.62. The Morgan fingerprint density at radius 2 is 1.91 bits per heavy atom. The van der Waals surface area contributed by atoms with Gasteiger partial charge in [0.05, 0.1) is 6.04 Å². The zero-order valence-electron chi connectivity index (χ0n) is 13.5. The van der Waals surface area contributed by atoms with Crippen LogP contribution >= 0.6 is 0 Å². The SMILES string of the molecule is CC(C(=O)NC1CC1)N1CCN(C(=O)CC2C=CCC2)CC1. The fourth-order valence-corrected chi connectivity index (χ4v) is 3.29. The smallest absolute Gasteiger partial charge is 0.237 e. The zero-order valence-corrected chi connectivity index (χ0v) is 13.5. The van der Waals surface area contributed by atoms with Crippen LogP contribution in [0.2, 0.25) is 0 Å². The van der Waals surface area contributed by atoms with Gasteiger partial charge in [0, 0.05) is 38.6 Å². The number of hydrogen-bond acceptors (Lipinski definition) is 3. The third-order valence-electron chi connectivity index (χ3n) is 5.07. The van der Waals surface area contributed by atoms with Crippen LogP contribution in [0.5, 0.6) is 0 Å². The molecular formula is C17H27N3O2. The molecule has 0 spiro atoms. The molecule has 22 heavy (non-hydrogen) atoms.